The standard InChI is InChI=1S/C22H26O3/c1-2-3-4-5-6-11-16-24-22(23)21-17-12-7-9-14-19(17)25-20-15-10-8-13-18(20)21/h7-10,12-15,21H,2-6,11,16H2,1H3. The van der Waals surface area contributed by atoms with Crippen molar-refractivity contribution in [1.29, 1.82) is 0 Å². The van der Waals surface area contributed by atoms with Gasteiger partial charge < -0.3 is 9.47 Å². The Labute approximate surface area is 150 Å². The van der Waals surface area contributed by atoms with Gasteiger partial charge in [0, 0.05) is 11.1 Å². The molecule has 0 bridgehead atoms. The Morgan fingerprint density at radius 3 is 2.08 bits per heavy atom. The highest BCUT2D eigenvalue weighted by Gasteiger charge is 2.33. The first-order valence-corrected chi connectivity index (χ1v) is 9.33. The second-order valence-electron chi connectivity index (χ2n) is 6.55. The predicted octanol–water partition coefficient (Wildman–Crippen LogP) is 5.83. The molecule has 3 nitrogen and oxygen atoms in total. The van der Waals surface area contributed by atoms with Crippen LogP contribution in [-0.2, 0) is 9.53 Å². The Balaban J connectivity index is 1.64. The summed E-state index contributed by atoms with van der Waals surface area (Å²) in [5.74, 6) is 0.892. The molecule has 2 aromatic carbocycles. The minimum atomic E-state index is -0.402. The van der Waals surface area contributed by atoms with Gasteiger partial charge in [0.05, 0.1) is 6.61 Å². The fraction of sp³-hybridized carbons (Fsp3) is 0.409. The average molecular weight is 338 g/mol. The number of hydrogen-bond acceptors (Lipinski definition) is 3. The van der Waals surface area contributed by atoms with Crippen LogP contribution in [0.25, 0.3) is 0 Å². The van der Waals surface area contributed by atoms with Gasteiger partial charge >= 0.3 is 5.97 Å². The van der Waals surface area contributed by atoms with Crippen LogP contribution in [0.2, 0.25) is 0 Å². The van der Waals surface area contributed by atoms with Crippen LogP contribution in [0, 0.1) is 0 Å². The molecule has 0 saturated heterocycles. The molecule has 1 aliphatic heterocycles. The quantitative estimate of drug-likeness (QED) is 0.449. The Morgan fingerprint density at radius 2 is 1.44 bits per heavy atom. The Kier molecular flexibility index (Phi) is 6.10. The van der Waals surface area contributed by atoms with E-state index in [1.807, 2.05) is 48.5 Å². The van der Waals surface area contributed by atoms with Crippen molar-refractivity contribution in [3.63, 3.8) is 0 Å². The lowest BCUT2D eigenvalue weighted by Crippen LogP contribution is -2.21. The predicted molar refractivity (Wildman–Crippen MR) is 99.1 cm³/mol. The smallest absolute Gasteiger partial charge is 0.318 e. The number of benzene rings is 2. The molecule has 0 amide bonds. The van der Waals surface area contributed by atoms with E-state index >= 15 is 0 Å². The SMILES string of the molecule is CCCCCCCCOC(=O)C1c2ccccc2Oc2ccccc21. The van der Waals surface area contributed by atoms with Crippen LogP contribution in [0.1, 0.15) is 62.5 Å². The Bertz CT molecular complexity index is 662. The van der Waals surface area contributed by atoms with Gasteiger partial charge in [-0.15, -0.1) is 0 Å². The van der Waals surface area contributed by atoms with E-state index < -0.39 is 5.92 Å². The molecule has 132 valence electrons. The van der Waals surface area contributed by atoms with Crippen LogP contribution >= 0.6 is 0 Å². The van der Waals surface area contributed by atoms with Gasteiger partial charge in [-0.1, -0.05) is 75.4 Å². The van der Waals surface area contributed by atoms with Crippen molar-refractivity contribution >= 4 is 5.97 Å². The molecule has 0 aliphatic carbocycles. The molecule has 0 fully saturated rings. The fourth-order valence-corrected chi connectivity index (χ4v) is 3.30. The third-order valence-electron chi connectivity index (χ3n) is 4.66. The summed E-state index contributed by atoms with van der Waals surface area (Å²) in [7, 11) is 0. The third kappa shape index (κ3) is 4.22. The van der Waals surface area contributed by atoms with Crippen LogP contribution in [0.4, 0.5) is 0 Å². The Hall–Kier alpha value is -2.29. The zero-order valence-electron chi connectivity index (χ0n) is 14.9. The molecule has 0 aromatic heterocycles. The van der Waals surface area contributed by atoms with E-state index in [0.717, 1.165) is 35.5 Å². The first-order valence-electron chi connectivity index (χ1n) is 9.33. The van der Waals surface area contributed by atoms with Crippen LogP contribution in [0.15, 0.2) is 48.5 Å². The lowest BCUT2D eigenvalue weighted by atomic mass is 9.88. The van der Waals surface area contributed by atoms with Gasteiger partial charge in [0.2, 0.25) is 0 Å². The third-order valence-corrected chi connectivity index (χ3v) is 4.66. The number of carbonyl (C=O) groups excluding carboxylic acids is 1. The summed E-state index contributed by atoms with van der Waals surface area (Å²) in [5, 5.41) is 0. The largest absolute Gasteiger partial charge is 0.465 e. The van der Waals surface area contributed by atoms with Crippen molar-refractivity contribution in [3.8, 4) is 11.5 Å². The van der Waals surface area contributed by atoms with Crippen LogP contribution < -0.4 is 4.74 Å². The summed E-state index contributed by atoms with van der Waals surface area (Å²) in [6, 6.07) is 15.4. The summed E-state index contributed by atoms with van der Waals surface area (Å²) in [6.45, 7) is 2.71. The summed E-state index contributed by atoms with van der Waals surface area (Å²) in [5.41, 5.74) is 1.77. The molecular formula is C22H26O3. The van der Waals surface area contributed by atoms with Gasteiger partial charge in [0.1, 0.15) is 17.4 Å². The van der Waals surface area contributed by atoms with Gasteiger partial charge in [0.25, 0.3) is 0 Å². The highest BCUT2D eigenvalue weighted by Crippen LogP contribution is 2.44. The van der Waals surface area contributed by atoms with Crippen molar-refractivity contribution in [2.45, 2.75) is 51.4 Å². The van der Waals surface area contributed by atoms with E-state index in [-0.39, 0.29) is 5.97 Å². The number of hydrogen-bond donors (Lipinski definition) is 0. The van der Waals surface area contributed by atoms with Crippen molar-refractivity contribution in [1.82, 2.24) is 0 Å². The van der Waals surface area contributed by atoms with Gasteiger partial charge in [0.15, 0.2) is 0 Å². The zero-order chi connectivity index (χ0) is 17.5. The summed E-state index contributed by atoms with van der Waals surface area (Å²) in [4.78, 5) is 12.8. The second kappa shape index (κ2) is 8.70. The molecule has 1 heterocycles. The minimum Gasteiger partial charge on any atom is -0.465 e. The normalized spacial score (nSPS) is 12.8. The lowest BCUT2D eigenvalue weighted by Gasteiger charge is -2.26. The average Bonchev–Trinajstić information content (AvgIpc) is 2.65. The first kappa shape index (κ1) is 17.5. The zero-order valence-corrected chi connectivity index (χ0v) is 14.9. The molecule has 25 heavy (non-hydrogen) atoms. The van der Waals surface area contributed by atoms with Gasteiger partial charge in [-0.05, 0) is 18.6 Å². The second-order valence-corrected chi connectivity index (χ2v) is 6.55. The van der Waals surface area contributed by atoms with Gasteiger partial charge in [-0.25, -0.2) is 0 Å². The molecule has 0 radical (unpaired) electrons. The highest BCUT2D eigenvalue weighted by atomic mass is 16.5. The topological polar surface area (TPSA) is 35.5 Å². The van der Waals surface area contributed by atoms with Crippen LogP contribution in [0.3, 0.4) is 0 Å². The molecule has 3 heteroatoms. The van der Waals surface area contributed by atoms with Gasteiger partial charge in [-0.3, -0.25) is 4.79 Å². The number of rotatable bonds is 8. The van der Waals surface area contributed by atoms with E-state index in [1.54, 1.807) is 0 Å². The summed E-state index contributed by atoms with van der Waals surface area (Å²) >= 11 is 0. The molecule has 0 atom stereocenters. The molecule has 3 rings (SSSR count). The van der Waals surface area contributed by atoms with E-state index in [9.17, 15) is 4.79 Å². The van der Waals surface area contributed by atoms with E-state index in [0.29, 0.717) is 6.61 Å². The number of fused-ring (bicyclic) bond motifs is 2. The van der Waals surface area contributed by atoms with Gasteiger partial charge in [-0.2, -0.15) is 0 Å². The molecular weight excluding hydrogens is 312 g/mol. The maximum Gasteiger partial charge on any atom is 0.318 e. The van der Waals surface area contributed by atoms with Crippen molar-refractivity contribution in [2.24, 2.45) is 0 Å². The summed E-state index contributed by atoms with van der Waals surface area (Å²) in [6.07, 6.45) is 7.07. The van der Waals surface area contributed by atoms with Crippen LogP contribution in [0.5, 0.6) is 11.5 Å². The number of unbranched alkanes of at least 4 members (excludes halogenated alkanes) is 5. The molecule has 0 saturated carbocycles. The highest BCUT2D eigenvalue weighted by molar-refractivity contribution is 5.85. The number of ether oxygens (including phenoxy) is 2. The molecule has 0 spiro atoms. The van der Waals surface area contributed by atoms with Crippen molar-refractivity contribution in [2.75, 3.05) is 6.61 Å². The van der Waals surface area contributed by atoms with E-state index in [2.05, 4.69) is 6.92 Å². The van der Waals surface area contributed by atoms with E-state index in [4.69, 9.17) is 9.47 Å². The molecule has 1 aliphatic rings. The number of para-hydroxylation sites is 2. The van der Waals surface area contributed by atoms with Crippen molar-refractivity contribution < 1.29 is 14.3 Å². The summed E-state index contributed by atoms with van der Waals surface area (Å²) < 4.78 is 11.5. The number of esters is 1. The number of carbonyl (C=O) groups is 1. The maximum atomic E-state index is 12.8. The van der Waals surface area contributed by atoms with Crippen molar-refractivity contribution in [3.05, 3.63) is 59.7 Å². The molecule has 2 aromatic rings. The lowest BCUT2D eigenvalue weighted by molar-refractivity contribution is -0.144. The minimum absolute atomic E-state index is 0.184. The van der Waals surface area contributed by atoms with Crippen LogP contribution in [-0.4, -0.2) is 12.6 Å². The first-order chi connectivity index (χ1) is 12.3. The van der Waals surface area contributed by atoms with E-state index in [1.165, 1.54) is 25.7 Å². The fourth-order valence-electron chi connectivity index (χ4n) is 3.30. The maximum absolute atomic E-state index is 12.8. The Morgan fingerprint density at radius 1 is 0.880 bits per heavy atom. The molecule has 0 unspecified atom stereocenters. The molecule has 0 N–H and O–H groups in total. The monoisotopic (exact) mass is 338 g/mol.